The fourth-order valence-corrected chi connectivity index (χ4v) is 5.24. The standard InChI is InChI=1S/C25H30FN5O4/c1-16(12-20-24(29-27)35-11-10-34-20)13-28-18-6-8-30(9-7-18)14-25(33)15-31-21(32)5-3-17-2-4-19(26)22(25)23(17)31/h2-5,12,18,28,33H,1,6-11,13-15,27H2/b20-12+,29-24+. The maximum absolute atomic E-state index is 14.8. The predicted octanol–water partition coefficient (Wildman–Crippen LogP) is 1.15. The molecule has 2 aromatic rings. The van der Waals surface area contributed by atoms with Crippen molar-refractivity contribution in [1.29, 1.82) is 0 Å². The lowest BCUT2D eigenvalue weighted by Gasteiger charge is -2.37. The summed E-state index contributed by atoms with van der Waals surface area (Å²) in [6.07, 6.45) is 3.51. The molecule has 0 saturated carbocycles. The SMILES string of the molecule is C=C(/C=C1/OCCO/C1=N/N)CNC1CCN(CC2(O)Cn3c(=O)ccc4ccc(F)c2c43)CC1. The highest BCUT2D eigenvalue weighted by Crippen LogP contribution is 2.38. The smallest absolute Gasteiger partial charge is 0.273 e. The summed E-state index contributed by atoms with van der Waals surface area (Å²) in [5, 5.41) is 19.4. The third-order valence-electron chi connectivity index (χ3n) is 6.92. The number of benzene rings is 1. The Balaban J connectivity index is 1.18. The van der Waals surface area contributed by atoms with Gasteiger partial charge in [0.2, 0.25) is 0 Å². The number of ether oxygens (including phenoxy) is 2. The van der Waals surface area contributed by atoms with Gasteiger partial charge in [-0.05, 0) is 61.2 Å². The lowest BCUT2D eigenvalue weighted by Crippen LogP contribution is -2.48. The molecule has 186 valence electrons. The van der Waals surface area contributed by atoms with E-state index in [1.165, 1.54) is 16.7 Å². The molecule has 4 N–H and O–H groups in total. The van der Waals surface area contributed by atoms with E-state index in [1.807, 2.05) is 0 Å². The first kappa shape index (κ1) is 23.5. The number of hydrazone groups is 1. The number of nitrogens with one attached hydrogen (secondary N) is 1. The van der Waals surface area contributed by atoms with Crippen molar-refractivity contribution < 1.29 is 19.0 Å². The number of aliphatic hydroxyl groups is 1. The van der Waals surface area contributed by atoms with Crippen LogP contribution in [0.4, 0.5) is 4.39 Å². The molecule has 0 bridgehead atoms. The van der Waals surface area contributed by atoms with Gasteiger partial charge in [-0.1, -0.05) is 6.58 Å². The van der Waals surface area contributed by atoms with Gasteiger partial charge in [0.15, 0.2) is 5.76 Å². The summed E-state index contributed by atoms with van der Waals surface area (Å²) in [7, 11) is 0. The van der Waals surface area contributed by atoms with Crippen molar-refractivity contribution in [3.05, 3.63) is 70.0 Å². The molecule has 10 heteroatoms. The van der Waals surface area contributed by atoms with Gasteiger partial charge in [-0.3, -0.25) is 9.69 Å². The van der Waals surface area contributed by atoms with Crippen LogP contribution in [0.15, 0.2) is 58.1 Å². The molecule has 4 heterocycles. The van der Waals surface area contributed by atoms with E-state index >= 15 is 0 Å². The summed E-state index contributed by atoms with van der Waals surface area (Å²) < 4.78 is 27.2. The number of hydrogen-bond acceptors (Lipinski definition) is 8. The molecule has 2 saturated heterocycles. The Morgan fingerprint density at radius 1 is 1.29 bits per heavy atom. The Hall–Kier alpha value is -3.21. The fraction of sp³-hybridized carbons (Fsp3) is 0.440. The van der Waals surface area contributed by atoms with E-state index in [0.29, 0.717) is 31.0 Å². The molecule has 9 nitrogen and oxygen atoms in total. The molecule has 0 aliphatic carbocycles. The first-order valence-electron chi connectivity index (χ1n) is 11.8. The summed E-state index contributed by atoms with van der Waals surface area (Å²) in [5.41, 5.74) is -0.122. The van der Waals surface area contributed by atoms with Gasteiger partial charge in [0, 0.05) is 30.8 Å². The van der Waals surface area contributed by atoms with Gasteiger partial charge in [0.05, 0.1) is 12.1 Å². The lowest BCUT2D eigenvalue weighted by atomic mass is 9.92. The van der Waals surface area contributed by atoms with Gasteiger partial charge < -0.3 is 30.3 Å². The normalized spacial score (nSPS) is 25.2. The number of nitrogens with two attached hydrogens (primary N) is 1. The molecular weight excluding hydrogens is 453 g/mol. The van der Waals surface area contributed by atoms with Gasteiger partial charge in [-0.2, -0.15) is 0 Å². The average Bonchev–Trinajstić information content (AvgIpc) is 3.17. The number of piperidine rings is 1. The molecular formula is C25H30FN5O4. The molecule has 0 amide bonds. The van der Waals surface area contributed by atoms with Crippen molar-refractivity contribution in [2.75, 3.05) is 39.4 Å². The molecule has 35 heavy (non-hydrogen) atoms. The number of hydrogen-bond donors (Lipinski definition) is 3. The molecule has 0 radical (unpaired) electrons. The first-order valence-corrected chi connectivity index (χ1v) is 11.8. The highest BCUT2D eigenvalue weighted by molar-refractivity contribution is 5.92. The maximum Gasteiger partial charge on any atom is 0.273 e. The fourth-order valence-electron chi connectivity index (χ4n) is 5.24. The summed E-state index contributed by atoms with van der Waals surface area (Å²) in [6.45, 7) is 7.33. The van der Waals surface area contributed by atoms with E-state index in [0.717, 1.165) is 36.9 Å². The van der Waals surface area contributed by atoms with Crippen molar-refractivity contribution in [1.82, 2.24) is 14.8 Å². The molecule has 1 unspecified atom stereocenters. The predicted molar refractivity (Wildman–Crippen MR) is 130 cm³/mol. The second-order valence-electron chi connectivity index (χ2n) is 9.38. The van der Waals surface area contributed by atoms with Crippen LogP contribution in [0.5, 0.6) is 0 Å². The van der Waals surface area contributed by atoms with Gasteiger partial charge in [-0.15, -0.1) is 5.10 Å². The van der Waals surface area contributed by atoms with E-state index in [-0.39, 0.29) is 36.2 Å². The topological polar surface area (TPSA) is 114 Å². The monoisotopic (exact) mass is 483 g/mol. The number of likely N-dealkylation sites (tertiary alicyclic amines) is 1. The van der Waals surface area contributed by atoms with Crippen LogP contribution in [0.3, 0.4) is 0 Å². The Bertz CT molecular complexity index is 1260. The minimum atomic E-state index is -1.44. The Morgan fingerprint density at radius 3 is 2.80 bits per heavy atom. The summed E-state index contributed by atoms with van der Waals surface area (Å²) in [5.74, 6) is 5.61. The van der Waals surface area contributed by atoms with Crippen molar-refractivity contribution in [3.8, 4) is 0 Å². The van der Waals surface area contributed by atoms with Gasteiger partial charge in [-0.25, -0.2) is 4.39 Å². The third kappa shape index (κ3) is 4.56. The molecule has 3 aliphatic heterocycles. The van der Waals surface area contributed by atoms with Crippen LogP contribution in [-0.2, 0) is 21.6 Å². The van der Waals surface area contributed by atoms with Crippen molar-refractivity contribution in [2.45, 2.75) is 31.0 Å². The first-order chi connectivity index (χ1) is 16.9. The number of pyridine rings is 1. The second kappa shape index (κ2) is 9.44. The Kier molecular flexibility index (Phi) is 6.35. The zero-order valence-electron chi connectivity index (χ0n) is 19.5. The number of aromatic nitrogens is 1. The zero-order chi connectivity index (χ0) is 24.6. The van der Waals surface area contributed by atoms with Gasteiger partial charge in [0.25, 0.3) is 11.5 Å². The number of β-amino-alcohol motifs (C(OH)–C–C–N with tert-alkyl or cyclic N) is 1. The number of nitrogens with zero attached hydrogens (tertiary/aromatic N) is 3. The van der Waals surface area contributed by atoms with Crippen LogP contribution in [0.2, 0.25) is 0 Å². The third-order valence-corrected chi connectivity index (χ3v) is 6.92. The van der Waals surface area contributed by atoms with Crippen LogP contribution in [0.25, 0.3) is 10.9 Å². The van der Waals surface area contributed by atoms with E-state index < -0.39 is 11.4 Å². The highest BCUT2D eigenvalue weighted by Gasteiger charge is 2.42. The Morgan fingerprint density at radius 2 is 2.03 bits per heavy atom. The van der Waals surface area contributed by atoms with Crippen LogP contribution in [0, 0.1) is 5.82 Å². The molecule has 1 aromatic carbocycles. The largest absolute Gasteiger partial charge is 0.484 e. The van der Waals surface area contributed by atoms with Gasteiger partial charge >= 0.3 is 0 Å². The van der Waals surface area contributed by atoms with E-state index in [4.69, 9.17) is 15.3 Å². The zero-order valence-corrected chi connectivity index (χ0v) is 19.5. The van der Waals surface area contributed by atoms with Crippen LogP contribution in [-0.4, -0.2) is 65.9 Å². The van der Waals surface area contributed by atoms with E-state index in [2.05, 4.69) is 21.9 Å². The molecule has 1 atom stereocenters. The molecule has 5 rings (SSSR count). The molecule has 0 spiro atoms. The minimum Gasteiger partial charge on any atom is -0.484 e. The molecule has 1 aromatic heterocycles. The number of rotatable bonds is 6. The van der Waals surface area contributed by atoms with E-state index in [9.17, 15) is 14.3 Å². The summed E-state index contributed by atoms with van der Waals surface area (Å²) in [4.78, 5) is 14.5. The number of halogens is 1. The lowest BCUT2D eigenvalue weighted by molar-refractivity contribution is -0.0158. The van der Waals surface area contributed by atoms with Crippen molar-refractivity contribution >= 4 is 16.8 Å². The summed E-state index contributed by atoms with van der Waals surface area (Å²) in [6, 6.07) is 6.45. The van der Waals surface area contributed by atoms with Crippen molar-refractivity contribution in [2.24, 2.45) is 10.9 Å². The minimum absolute atomic E-state index is 0.0615. The Labute approximate surface area is 202 Å². The van der Waals surface area contributed by atoms with Crippen LogP contribution >= 0.6 is 0 Å². The van der Waals surface area contributed by atoms with Crippen LogP contribution in [0.1, 0.15) is 18.4 Å². The van der Waals surface area contributed by atoms with E-state index in [1.54, 1.807) is 18.2 Å². The average molecular weight is 484 g/mol. The highest BCUT2D eigenvalue weighted by atomic mass is 19.1. The second-order valence-corrected chi connectivity index (χ2v) is 9.38. The maximum atomic E-state index is 14.8. The van der Waals surface area contributed by atoms with Crippen molar-refractivity contribution in [3.63, 3.8) is 0 Å². The molecule has 2 fully saturated rings. The summed E-state index contributed by atoms with van der Waals surface area (Å²) >= 11 is 0. The molecule has 3 aliphatic rings. The van der Waals surface area contributed by atoms with Crippen LogP contribution < -0.4 is 16.7 Å². The van der Waals surface area contributed by atoms with Gasteiger partial charge in [0.1, 0.15) is 24.6 Å². The quantitative estimate of drug-likeness (QED) is 0.417.